The second kappa shape index (κ2) is 11.9. The lowest BCUT2D eigenvalue weighted by atomic mass is 10.0. The van der Waals surface area contributed by atoms with Gasteiger partial charge in [-0.25, -0.2) is 9.18 Å². The van der Waals surface area contributed by atoms with Gasteiger partial charge < -0.3 is 14.6 Å². The van der Waals surface area contributed by atoms with E-state index in [0.717, 1.165) is 43.5 Å². The molecule has 1 N–H and O–H groups in total. The zero-order valence-corrected chi connectivity index (χ0v) is 24.6. The molecule has 0 atom stereocenters. The molecule has 2 heterocycles. The fourth-order valence-corrected chi connectivity index (χ4v) is 5.85. The van der Waals surface area contributed by atoms with Crippen LogP contribution in [0.25, 0.3) is 33.0 Å². The van der Waals surface area contributed by atoms with Crippen molar-refractivity contribution in [1.29, 1.82) is 0 Å². The molecule has 0 saturated carbocycles. The van der Waals surface area contributed by atoms with Crippen LogP contribution in [0.3, 0.4) is 0 Å². The maximum Gasteiger partial charge on any atom is 0.322 e. The summed E-state index contributed by atoms with van der Waals surface area (Å²) in [5.41, 5.74) is 5.75. The van der Waals surface area contributed by atoms with E-state index >= 15 is 0 Å². The number of hydrogen-bond donors (Lipinski definition) is 1. The van der Waals surface area contributed by atoms with Gasteiger partial charge in [0.05, 0.1) is 17.7 Å². The van der Waals surface area contributed by atoms with E-state index in [9.17, 15) is 9.18 Å². The van der Waals surface area contributed by atoms with Gasteiger partial charge in [0.2, 0.25) is 0 Å². The van der Waals surface area contributed by atoms with E-state index in [1.165, 1.54) is 23.9 Å². The van der Waals surface area contributed by atoms with Gasteiger partial charge in [0.15, 0.2) is 0 Å². The number of aromatic nitrogens is 1. The Morgan fingerprint density at radius 3 is 2.60 bits per heavy atom. The van der Waals surface area contributed by atoms with Gasteiger partial charge in [-0.2, -0.15) is 0 Å². The molecule has 0 bridgehead atoms. The molecule has 0 aliphatic rings. The summed E-state index contributed by atoms with van der Waals surface area (Å²) >= 11 is 7.75. The van der Waals surface area contributed by atoms with Gasteiger partial charge in [-0.3, -0.25) is 4.98 Å². The molecular formula is C34H27ClFN3O2S. The predicted molar refractivity (Wildman–Crippen MR) is 170 cm³/mol. The number of hydrogen-bond acceptors (Lipinski definition) is 4. The molecule has 4 aromatic carbocycles. The molecule has 0 radical (unpaired) electrons. The van der Waals surface area contributed by atoms with Crippen molar-refractivity contribution in [3.63, 3.8) is 0 Å². The lowest BCUT2D eigenvalue weighted by molar-refractivity contribution is 0.202. The fraction of sp³-hybridized carbons (Fsp3) is 0.118. The van der Waals surface area contributed by atoms with Gasteiger partial charge in [0, 0.05) is 39.0 Å². The van der Waals surface area contributed by atoms with E-state index in [1.54, 1.807) is 23.2 Å². The number of halogens is 2. The minimum absolute atomic E-state index is 0.144. The molecule has 0 saturated heterocycles. The van der Waals surface area contributed by atoms with Gasteiger partial charge in [-0.05, 0) is 85.0 Å². The second-order valence-electron chi connectivity index (χ2n) is 10.0. The lowest BCUT2D eigenvalue weighted by Gasteiger charge is -2.24. The van der Waals surface area contributed by atoms with Crippen LogP contribution in [0.15, 0.2) is 107 Å². The van der Waals surface area contributed by atoms with E-state index in [-0.39, 0.29) is 24.9 Å². The summed E-state index contributed by atoms with van der Waals surface area (Å²) in [6, 6.07) is 27.2. The Morgan fingerprint density at radius 1 is 0.976 bits per heavy atom. The first-order chi connectivity index (χ1) is 20.4. The number of benzene rings is 4. The van der Waals surface area contributed by atoms with Gasteiger partial charge in [-0.1, -0.05) is 47.5 Å². The molecule has 0 spiro atoms. The monoisotopic (exact) mass is 595 g/mol. The molecule has 42 heavy (non-hydrogen) atoms. The van der Waals surface area contributed by atoms with Crippen molar-refractivity contribution in [3.05, 3.63) is 125 Å². The Labute approximate surface area is 252 Å². The van der Waals surface area contributed by atoms with Crippen LogP contribution in [0.2, 0.25) is 5.02 Å². The first-order valence-corrected chi connectivity index (χ1v) is 15.0. The van der Waals surface area contributed by atoms with E-state index < -0.39 is 0 Å². The SMILES string of the molecule is CSc1ccc2ncccc2c1NC(=O)N(Cc1cccc(F)c1)Cc1oc2ccc(C)cc2c1-c1ccc(Cl)cc1. The van der Waals surface area contributed by atoms with Crippen LogP contribution in [0.4, 0.5) is 14.9 Å². The Kier molecular flexibility index (Phi) is 7.87. The molecule has 0 fully saturated rings. The Bertz CT molecular complexity index is 1920. The van der Waals surface area contributed by atoms with Crippen LogP contribution >= 0.6 is 23.4 Å². The molecule has 0 unspecified atom stereocenters. The van der Waals surface area contributed by atoms with Gasteiger partial charge in [-0.15, -0.1) is 11.8 Å². The third kappa shape index (κ3) is 5.71. The summed E-state index contributed by atoms with van der Waals surface area (Å²) in [4.78, 5) is 21.1. The topological polar surface area (TPSA) is 58.4 Å². The number of amides is 2. The fourth-order valence-electron chi connectivity index (χ4n) is 5.15. The standard InChI is InChI=1S/C34H27ClFN3O2S/c1-21-8-14-29-27(17-21)32(23-9-11-24(35)12-10-23)30(41-29)20-39(19-22-5-3-6-25(36)18-22)34(40)38-33-26-7-4-16-37-28(26)13-15-31(33)42-2/h3-18H,19-20H2,1-2H3,(H,38,40). The zero-order chi connectivity index (χ0) is 29.2. The number of aryl methyl sites for hydroxylation is 1. The largest absolute Gasteiger partial charge is 0.459 e. The van der Waals surface area contributed by atoms with E-state index in [2.05, 4.69) is 16.4 Å². The summed E-state index contributed by atoms with van der Waals surface area (Å²) in [7, 11) is 0. The number of carbonyl (C=O) groups excluding carboxylic acids is 1. The smallest absolute Gasteiger partial charge is 0.322 e. The summed E-state index contributed by atoms with van der Waals surface area (Å²) in [5.74, 6) is 0.257. The van der Waals surface area contributed by atoms with Crippen molar-refractivity contribution in [3.8, 4) is 11.1 Å². The molecule has 2 amide bonds. The third-order valence-corrected chi connectivity index (χ3v) is 8.16. The summed E-state index contributed by atoms with van der Waals surface area (Å²) < 4.78 is 20.6. The van der Waals surface area contributed by atoms with Crippen molar-refractivity contribution in [2.45, 2.75) is 24.9 Å². The van der Waals surface area contributed by atoms with Crippen LogP contribution in [-0.4, -0.2) is 22.2 Å². The van der Waals surface area contributed by atoms with E-state index in [1.807, 2.05) is 73.8 Å². The van der Waals surface area contributed by atoms with Gasteiger partial charge in [0.25, 0.3) is 0 Å². The zero-order valence-electron chi connectivity index (χ0n) is 23.0. The maximum absolute atomic E-state index is 14.2. The van der Waals surface area contributed by atoms with Crippen molar-refractivity contribution >= 4 is 57.0 Å². The van der Waals surface area contributed by atoms with Crippen LogP contribution in [-0.2, 0) is 13.1 Å². The molecule has 210 valence electrons. The number of carbonyl (C=O) groups is 1. The normalized spacial score (nSPS) is 11.2. The lowest BCUT2D eigenvalue weighted by Crippen LogP contribution is -2.34. The molecule has 0 aliphatic heterocycles. The van der Waals surface area contributed by atoms with E-state index in [0.29, 0.717) is 22.0 Å². The molecule has 6 aromatic rings. The Morgan fingerprint density at radius 2 is 1.81 bits per heavy atom. The number of fused-ring (bicyclic) bond motifs is 2. The summed E-state index contributed by atoms with van der Waals surface area (Å²) in [5, 5.41) is 5.56. The number of pyridine rings is 1. The molecule has 0 aliphatic carbocycles. The first kappa shape index (κ1) is 27.8. The number of rotatable bonds is 7. The van der Waals surface area contributed by atoms with Crippen LogP contribution in [0.1, 0.15) is 16.9 Å². The highest BCUT2D eigenvalue weighted by Gasteiger charge is 2.24. The van der Waals surface area contributed by atoms with Gasteiger partial charge in [0.1, 0.15) is 17.2 Å². The molecule has 2 aromatic heterocycles. The highest BCUT2D eigenvalue weighted by Crippen LogP contribution is 2.38. The minimum Gasteiger partial charge on any atom is -0.459 e. The molecular weight excluding hydrogens is 569 g/mol. The predicted octanol–water partition coefficient (Wildman–Crippen LogP) is 9.71. The van der Waals surface area contributed by atoms with Crippen LogP contribution in [0, 0.1) is 12.7 Å². The van der Waals surface area contributed by atoms with Crippen LogP contribution < -0.4 is 5.32 Å². The molecule has 8 heteroatoms. The summed E-state index contributed by atoms with van der Waals surface area (Å²) in [6.07, 6.45) is 3.69. The van der Waals surface area contributed by atoms with Gasteiger partial charge >= 0.3 is 6.03 Å². The number of urea groups is 1. The van der Waals surface area contributed by atoms with Crippen molar-refractivity contribution in [2.24, 2.45) is 0 Å². The maximum atomic E-state index is 14.2. The highest BCUT2D eigenvalue weighted by atomic mass is 35.5. The number of nitrogens with zero attached hydrogens (tertiary/aromatic N) is 2. The average Bonchev–Trinajstić information content (AvgIpc) is 3.34. The first-order valence-electron chi connectivity index (χ1n) is 13.4. The van der Waals surface area contributed by atoms with E-state index in [4.69, 9.17) is 16.0 Å². The number of furan rings is 1. The quantitative estimate of drug-likeness (QED) is 0.187. The number of thioether (sulfide) groups is 1. The number of nitrogens with one attached hydrogen (secondary N) is 1. The number of anilines is 1. The van der Waals surface area contributed by atoms with Crippen molar-refractivity contribution < 1.29 is 13.6 Å². The molecule has 5 nitrogen and oxygen atoms in total. The Balaban J connectivity index is 1.44. The highest BCUT2D eigenvalue weighted by molar-refractivity contribution is 7.98. The Hall–Kier alpha value is -4.33. The van der Waals surface area contributed by atoms with Crippen molar-refractivity contribution in [2.75, 3.05) is 11.6 Å². The third-order valence-electron chi connectivity index (χ3n) is 7.13. The van der Waals surface area contributed by atoms with Crippen LogP contribution in [0.5, 0.6) is 0 Å². The minimum atomic E-state index is -0.362. The summed E-state index contributed by atoms with van der Waals surface area (Å²) in [6.45, 7) is 2.34. The molecule has 6 rings (SSSR count). The average molecular weight is 596 g/mol. The van der Waals surface area contributed by atoms with Crippen molar-refractivity contribution in [1.82, 2.24) is 9.88 Å². The second-order valence-corrected chi connectivity index (χ2v) is 11.3.